The molecule has 0 bridgehead atoms. The summed E-state index contributed by atoms with van der Waals surface area (Å²) >= 11 is 1.53. The lowest BCUT2D eigenvalue weighted by Gasteiger charge is -2.25. The van der Waals surface area contributed by atoms with Crippen LogP contribution < -0.4 is 9.62 Å². The van der Waals surface area contributed by atoms with Crippen LogP contribution in [0.5, 0.6) is 0 Å². The first-order chi connectivity index (χ1) is 13.9. The van der Waals surface area contributed by atoms with E-state index in [1.807, 2.05) is 37.3 Å². The normalized spacial score (nSPS) is 16.8. The molecule has 1 N–H and O–H groups in total. The largest absolute Gasteiger partial charge is 0.295 e. The topological polar surface area (TPSA) is 66.5 Å². The zero-order valence-corrected chi connectivity index (χ0v) is 17.4. The molecule has 1 amide bonds. The number of sulfonamides is 1. The van der Waals surface area contributed by atoms with Gasteiger partial charge in [0.25, 0.3) is 10.0 Å². The van der Waals surface area contributed by atoms with Gasteiger partial charge >= 0.3 is 0 Å². The molecule has 148 valence electrons. The van der Waals surface area contributed by atoms with Crippen molar-refractivity contribution in [2.45, 2.75) is 17.2 Å². The first kappa shape index (κ1) is 19.5. The lowest BCUT2D eigenvalue weighted by atomic mass is 10.1. The number of nitrogens with zero attached hydrogens (tertiary/aromatic N) is 1. The standard InChI is InChI=1S/C22H20N2O3S2/c1-16-7-5-10-19(13-16)24-21(25)15-28-22(24)17-8-6-9-18(14-17)23-29(26,27)20-11-3-2-4-12-20/h2-14,22-23H,15H2,1H3/t22-/m0/s1. The zero-order valence-electron chi connectivity index (χ0n) is 15.8. The Hall–Kier alpha value is -2.77. The predicted molar refractivity (Wildman–Crippen MR) is 118 cm³/mol. The Morgan fingerprint density at radius 1 is 0.966 bits per heavy atom. The Labute approximate surface area is 174 Å². The number of anilines is 2. The Balaban J connectivity index is 1.64. The van der Waals surface area contributed by atoms with E-state index in [-0.39, 0.29) is 16.2 Å². The summed E-state index contributed by atoms with van der Waals surface area (Å²) in [6.45, 7) is 1.99. The van der Waals surface area contributed by atoms with Gasteiger partial charge in [0.1, 0.15) is 5.37 Å². The van der Waals surface area contributed by atoms with Crippen LogP contribution in [0, 0.1) is 6.92 Å². The average molecular weight is 425 g/mol. The number of carbonyl (C=O) groups excluding carboxylic acids is 1. The quantitative estimate of drug-likeness (QED) is 0.651. The lowest BCUT2D eigenvalue weighted by Crippen LogP contribution is -2.27. The molecule has 0 saturated carbocycles. The van der Waals surface area contributed by atoms with Crippen LogP contribution in [-0.4, -0.2) is 20.1 Å². The van der Waals surface area contributed by atoms with Gasteiger partial charge in [-0.2, -0.15) is 0 Å². The Morgan fingerprint density at radius 3 is 2.48 bits per heavy atom. The third-order valence-electron chi connectivity index (χ3n) is 4.63. The van der Waals surface area contributed by atoms with Crippen molar-refractivity contribution >= 4 is 39.1 Å². The second-order valence-electron chi connectivity index (χ2n) is 6.81. The fourth-order valence-electron chi connectivity index (χ4n) is 3.30. The van der Waals surface area contributed by atoms with Crippen LogP contribution in [0.1, 0.15) is 16.5 Å². The van der Waals surface area contributed by atoms with Gasteiger partial charge in [-0.1, -0.05) is 42.5 Å². The summed E-state index contributed by atoms with van der Waals surface area (Å²) in [5.74, 6) is 0.430. The molecular weight excluding hydrogens is 404 g/mol. The first-order valence-electron chi connectivity index (χ1n) is 9.12. The number of amides is 1. The molecule has 5 nitrogen and oxygen atoms in total. The molecule has 1 atom stereocenters. The minimum atomic E-state index is -3.67. The van der Waals surface area contributed by atoms with E-state index in [0.29, 0.717) is 11.4 Å². The maximum Gasteiger partial charge on any atom is 0.261 e. The predicted octanol–water partition coefficient (Wildman–Crippen LogP) is 4.57. The monoisotopic (exact) mass is 424 g/mol. The molecule has 29 heavy (non-hydrogen) atoms. The molecule has 1 aliphatic rings. The molecule has 3 aromatic carbocycles. The van der Waals surface area contributed by atoms with Crippen molar-refractivity contribution in [3.63, 3.8) is 0 Å². The van der Waals surface area contributed by atoms with E-state index in [1.54, 1.807) is 53.4 Å². The number of carbonyl (C=O) groups is 1. The number of hydrogen-bond acceptors (Lipinski definition) is 4. The van der Waals surface area contributed by atoms with Crippen molar-refractivity contribution in [2.75, 3.05) is 15.4 Å². The van der Waals surface area contributed by atoms with Crippen LogP contribution >= 0.6 is 11.8 Å². The SMILES string of the molecule is Cc1cccc(N2C(=O)CS[C@H]2c2cccc(NS(=O)(=O)c3ccccc3)c2)c1. The van der Waals surface area contributed by atoms with Gasteiger partial charge in [-0.3, -0.25) is 14.4 Å². The lowest BCUT2D eigenvalue weighted by molar-refractivity contribution is -0.115. The fourth-order valence-corrected chi connectivity index (χ4v) is 5.53. The van der Waals surface area contributed by atoms with Gasteiger partial charge < -0.3 is 0 Å². The summed E-state index contributed by atoms with van der Waals surface area (Å²) in [6.07, 6.45) is 0. The van der Waals surface area contributed by atoms with Crippen LogP contribution in [0.3, 0.4) is 0 Å². The van der Waals surface area contributed by atoms with Crippen LogP contribution in [0.15, 0.2) is 83.8 Å². The molecule has 1 aliphatic heterocycles. The summed E-state index contributed by atoms with van der Waals surface area (Å²) < 4.78 is 27.9. The molecular formula is C22H20N2O3S2. The average Bonchev–Trinajstić information content (AvgIpc) is 3.10. The molecule has 3 aromatic rings. The number of nitrogens with one attached hydrogen (secondary N) is 1. The van der Waals surface area contributed by atoms with Gasteiger partial charge in [0, 0.05) is 11.4 Å². The second kappa shape index (κ2) is 7.93. The van der Waals surface area contributed by atoms with Gasteiger partial charge in [-0.15, -0.1) is 11.8 Å². The summed E-state index contributed by atoms with van der Waals surface area (Å²) in [5, 5.41) is -0.203. The van der Waals surface area contributed by atoms with Crippen LogP contribution in [0.2, 0.25) is 0 Å². The van der Waals surface area contributed by atoms with Gasteiger partial charge in [-0.05, 0) is 54.4 Å². The minimum Gasteiger partial charge on any atom is -0.295 e. The third-order valence-corrected chi connectivity index (χ3v) is 7.23. The van der Waals surface area contributed by atoms with E-state index in [9.17, 15) is 13.2 Å². The van der Waals surface area contributed by atoms with E-state index in [0.717, 1.165) is 16.8 Å². The third kappa shape index (κ3) is 4.16. The Morgan fingerprint density at radius 2 is 1.72 bits per heavy atom. The molecule has 0 spiro atoms. The van der Waals surface area contributed by atoms with Gasteiger partial charge in [0.15, 0.2) is 0 Å². The molecule has 0 radical (unpaired) electrons. The Kier molecular flexibility index (Phi) is 5.34. The maximum absolute atomic E-state index is 12.6. The van der Waals surface area contributed by atoms with Gasteiger partial charge in [-0.25, -0.2) is 8.42 Å². The minimum absolute atomic E-state index is 0.0425. The molecule has 7 heteroatoms. The summed E-state index contributed by atoms with van der Waals surface area (Å²) in [4.78, 5) is 14.5. The second-order valence-corrected chi connectivity index (χ2v) is 9.56. The molecule has 4 rings (SSSR count). The van der Waals surface area contributed by atoms with Crippen LogP contribution in [0.25, 0.3) is 0 Å². The molecule has 1 saturated heterocycles. The number of rotatable bonds is 5. The zero-order chi connectivity index (χ0) is 20.4. The number of benzene rings is 3. The molecule has 0 unspecified atom stereocenters. The van der Waals surface area contributed by atoms with E-state index < -0.39 is 10.0 Å². The first-order valence-corrected chi connectivity index (χ1v) is 11.7. The highest BCUT2D eigenvalue weighted by molar-refractivity contribution is 8.00. The van der Waals surface area contributed by atoms with Crippen molar-refractivity contribution in [1.82, 2.24) is 0 Å². The maximum atomic E-state index is 12.6. The van der Waals surface area contributed by atoms with Crippen molar-refractivity contribution < 1.29 is 13.2 Å². The number of aryl methyl sites for hydroxylation is 1. The van der Waals surface area contributed by atoms with Crippen molar-refractivity contribution in [3.05, 3.63) is 90.0 Å². The van der Waals surface area contributed by atoms with Crippen molar-refractivity contribution in [3.8, 4) is 0 Å². The van der Waals surface area contributed by atoms with Crippen molar-refractivity contribution in [1.29, 1.82) is 0 Å². The highest BCUT2D eigenvalue weighted by Gasteiger charge is 2.34. The highest BCUT2D eigenvalue weighted by atomic mass is 32.2. The van der Waals surface area contributed by atoms with Crippen molar-refractivity contribution in [2.24, 2.45) is 0 Å². The molecule has 0 aliphatic carbocycles. The van der Waals surface area contributed by atoms with Gasteiger partial charge in [0.2, 0.25) is 5.91 Å². The summed E-state index contributed by atoms with van der Waals surface area (Å²) in [6, 6.07) is 23.3. The van der Waals surface area contributed by atoms with Crippen LogP contribution in [-0.2, 0) is 14.8 Å². The van der Waals surface area contributed by atoms with E-state index in [4.69, 9.17) is 0 Å². The summed E-state index contributed by atoms with van der Waals surface area (Å²) in [7, 11) is -3.67. The number of hydrogen-bond donors (Lipinski definition) is 1. The molecule has 1 fully saturated rings. The smallest absolute Gasteiger partial charge is 0.261 e. The van der Waals surface area contributed by atoms with E-state index in [2.05, 4.69) is 4.72 Å². The Bertz CT molecular complexity index is 1150. The number of thioether (sulfide) groups is 1. The fraction of sp³-hybridized carbons (Fsp3) is 0.136. The summed E-state index contributed by atoms with van der Waals surface area (Å²) in [5.41, 5.74) is 3.27. The molecule has 1 heterocycles. The molecule has 0 aromatic heterocycles. The van der Waals surface area contributed by atoms with Gasteiger partial charge in [0.05, 0.1) is 10.6 Å². The van der Waals surface area contributed by atoms with E-state index >= 15 is 0 Å². The van der Waals surface area contributed by atoms with Crippen LogP contribution in [0.4, 0.5) is 11.4 Å². The highest BCUT2D eigenvalue weighted by Crippen LogP contribution is 2.42. The van der Waals surface area contributed by atoms with E-state index in [1.165, 1.54) is 11.8 Å².